The van der Waals surface area contributed by atoms with Crippen molar-refractivity contribution in [1.82, 2.24) is 10.3 Å². The van der Waals surface area contributed by atoms with Crippen molar-refractivity contribution in [2.45, 2.75) is 6.54 Å². The maximum Gasteiger partial charge on any atom is 0.238 e. The van der Waals surface area contributed by atoms with Crippen molar-refractivity contribution in [3.05, 3.63) is 65.3 Å². The lowest BCUT2D eigenvalue weighted by Gasteiger charge is -2.10. The van der Waals surface area contributed by atoms with Gasteiger partial charge in [-0.25, -0.2) is 4.98 Å². The molecule has 4 heteroatoms. The predicted octanol–water partition coefficient (Wildman–Crippen LogP) is 4.40. The van der Waals surface area contributed by atoms with E-state index in [1.54, 1.807) is 6.20 Å². The molecule has 3 nitrogen and oxygen atoms in total. The Morgan fingerprint density at radius 1 is 1.14 bits per heavy atom. The molecule has 0 unspecified atom stereocenters. The quantitative estimate of drug-likeness (QED) is 0.775. The summed E-state index contributed by atoms with van der Waals surface area (Å²) in [4.78, 5) is 4.30. The van der Waals surface area contributed by atoms with Crippen molar-refractivity contribution < 1.29 is 4.74 Å². The molecule has 2 aromatic carbocycles. The van der Waals surface area contributed by atoms with Gasteiger partial charge in [0, 0.05) is 18.1 Å². The minimum atomic E-state index is 0.424. The van der Waals surface area contributed by atoms with Gasteiger partial charge in [-0.1, -0.05) is 48.0 Å². The third-order valence-corrected chi connectivity index (χ3v) is 3.47. The van der Waals surface area contributed by atoms with Crippen LogP contribution >= 0.6 is 11.6 Å². The molecule has 0 aliphatic rings. The first-order chi connectivity index (χ1) is 10.3. The van der Waals surface area contributed by atoms with Gasteiger partial charge in [0.15, 0.2) is 0 Å². The van der Waals surface area contributed by atoms with Crippen molar-refractivity contribution in [3.63, 3.8) is 0 Å². The van der Waals surface area contributed by atoms with Crippen LogP contribution in [0.5, 0.6) is 11.6 Å². The summed E-state index contributed by atoms with van der Waals surface area (Å²) >= 11 is 6.25. The highest BCUT2D eigenvalue weighted by Crippen LogP contribution is 2.32. The Balaban J connectivity index is 1.95. The highest BCUT2D eigenvalue weighted by molar-refractivity contribution is 6.31. The molecule has 0 amide bonds. The zero-order valence-corrected chi connectivity index (χ0v) is 12.4. The van der Waals surface area contributed by atoms with Gasteiger partial charge in [0.1, 0.15) is 10.8 Å². The van der Waals surface area contributed by atoms with Crippen LogP contribution in [0.1, 0.15) is 5.56 Å². The minimum absolute atomic E-state index is 0.424. The Morgan fingerprint density at radius 3 is 2.76 bits per heavy atom. The van der Waals surface area contributed by atoms with E-state index in [-0.39, 0.29) is 0 Å². The number of aromatic nitrogens is 1. The lowest BCUT2D eigenvalue weighted by Crippen LogP contribution is -2.05. The van der Waals surface area contributed by atoms with E-state index in [4.69, 9.17) is 16.3 Å². The summed E-state index contributed by atoms with van der Waals surface area (Å²) in [6.45, 7) is 0.723. The van der Waals surface area contributed by atoms with Gasteiger partial charge in [0.25, 0.3) is 0 Å². The fraction of sp³-hybridized carbons (Fsp3) is 0.118. The Bertz CT molecular complexity index is 768. The SMILES string of the molecule is CNCc1cnc(Oc2cccc3ccccc23)c(Cl)c1. The first-order valence-corrected chi connectivity index (χ1v) is 7.10. The van der Waals surface area contributed by atoms with Crippen molar-refractivity contribution >= 4 is 22.4 Å². The number of hydrogen-bond donors (Lipinski definition) is 1. The third-order valence-electron chi connectivity index (χ3n) is 3.20. The zero-order chi connectivity index (χ0) is 14.7. The number of fused-ring (bicyclic) bond motifs is 1. The van der Waals surface area contributed by atoms with E-state index < -0.39 is 0 Å². The average Bonchev–Trinajstić information content (AvgIpc) is 2.51. The summed E-state index contributed by atoms with van der Waals surface area (Å²) in [5, 5.41) is 5.74. The number of nitrogens with one attached hydrogen (secondary N) is 1. The van der Waals surface area contributed by atoms with Gasteiger partial charge in [0.2, 0.25) is 5.88 Å². The summed E-state index contributed by atoms with van der Waals surface area (Å²) in [5.41, 5.74) is 1.02. The number of halogens is 1. The van der Waals surface area contributed by atoms with Crippen LogP contribution in [0.25, 0.3) is 10.8 Å². The molecule has 0 saturated carbocycles. The summed E-state index contributed by atoms with van der Waals surface area (Å²) in [6, 6.07) is 15.9. The van der Waals surface area contributed by atoms with Gasteiger partial charge < -0.3 is 10.1 Å². The maximum atomic E-state index is 6.25. The van der Waals surface area contributed by atoms with Gasteiger partial charge >= 0.3 is 0 Å². The van der Waals surface area contributed by atoms with Crippen LogP contribution in [-0.2, 0) is 6.54 Å². The van der Waals surface area contributed by atoms with E-state index in [2.05, 4.69) is 10.3 Å². The standard InChI is InChI=1S/C17H15ClN2O/c1-19-10-12-9-15(18)17(20-11-12)21-16-8-4-6-13-5-2-3-7-14(13)16/h2-9,11,19H,10H2,1H3. The maximum absolute atomic E-state index is 6.25. The molecule has 1 N–H and O–H groups in total. The summed E-state index contributed by atoms with van der Waals surface area (Å²) in [6.07, 6.45) is 1.77. The molecule has 0 aliphatic heterocycles. The fourth-order valence-corrected chi connectivity index (χ4v) is 2.46. The van der Waals surface area contributed by atoms with Crippen LogP contribution in [-0.4, -0.2) is 12.0 Å². The van der Waals surface area contributed by atoms with E-state index in [9.17, 15) is 0 Å². The van der Waals surface area contributed by atoms with Gasteiger partial charge in [0.05, 0.1) is 0 Å². The molecule has 1 aromatic heterocycles. The van der Waals surface area contributed by atoms with E-state index in [1.807, 2.05) is 55.6 Å². The number of hydrogen-bond acceptors (Lipinski definition) is 3. The monoisotopic (exact) mass is 298 g/mol. The van der Waals surface area contributed by atoms with Crippen molar-refractivity contribution in [2.24, 2.45) is 0 Å². The van der Waals surface area contributed by atoms with E-state index in [0.29, 0.717) is 10.9 Å². The summed E-state index contributed by atoms with van der Waals surface area (Å²) in [7, 11) is 1.88. The molecule has 0 aliphatic carbocycles. The Hall–Kier alpha value is -2.10. The van der Waals surface area contributed by atoms with Crippen molar-refractivity contribution in [2.75, 3.05) is 7.05 Å². The van der Waals surface area contributed by atoms with Crippen LogP contribution in [0.15, 0.2) is 54.7 Å². The number of ether oxygens (including phenoxy) is 1. The number of nitrogens with zero attached hydrogens (tertiary/aromatic N) is 1. The second-order valence-electron chi connectivity index (χ2n) is 4.74. The molecule has 0 bridgehead atoms. The lowest BCUT2D eigenvalue weighted by molar-refractivity contribution is 0.468. The predicted molar refractivity (Wildman–Crippen MR) is 86.0 cm³/mol. The molecule has 21 heavy (non-hydrogen) atoms. The smallest absolute Gasteiger partial charge is 0.238 e. The van der Waals surface area contributed by atoms with Crippen LogP contribution < -0.4 is 10.1 Å². The van der Waals surface area contributed by atoms with Crippen LogP contribution in [0, 0.1) is 0 Å². The molecule has 0 saturated heterocycles. The van der Waals surface area contributed by atoms with Crippen LogP contribution in [0.4, 0.5) is 0 Å². The van der Waals surface area contributed by atoms with Crippen LogP contribution in [0.2, 0.25) is 5.02 Å². The number of rotatable bonds is 4. The normalized spacial score (nSPS) is 10.8. The molecule has 3 rings (SSSR count). The van der Waals surface area contributed by atoms with E-state index in [1.165, 1.54) is 0 Å². The largest absolute Gasteiger partial charge is 0.437 e. The van der Waals surface area contributed by atoms with Gasteiger partial charge in [-0.2, -0.15) is 0 Å². The second kappa shape index (κ2) is 6.12. The van der Waals surface area contributed by atoms with E-state index >= 15 is 0 Å². The summed E-state index contributed by atoms with van der Waals surface area (Å²) < 4.78 is 5.89. The number of pyridine rings is 1. The Kier molecular flexibility index (Phi) is 4.04. The Labute approximate surface area is 128 Å². The van der Waals surface area contributed by atoms with Crippen molar-refractivity contribution in [1.29, 1.82) is 0 Å². The molecule has 0 fully saturated rings. The molecular formula is C17H15ClN2O. The molecular weight excluding hydrogens is 284 g/mol. The fourth-order valence-electron chi connectivity index (χ4n) is 2.23. The minimum Gasteiger partial charge on any atom is -0.437 e. The molecule has 3 aromatic rings. The highest BCUT2D eigenvalue weighted by Gasteiger charge is 2.08. The molecule has 106 valence electrons. The first-order valence-electron chi connectivity index (χ1n) is 6.72. The van der Waals surface area contributed by atoms with Gasteiger partial charge in [-0.05, 0) is 30.1 Å². The molecule has 0 spiro atoms. The van der Waals surface area contributed by atoms with Crippen LogP contribution in [0.3, 0.4) is 0 Å². The molecule has 0 radical (unpaired) electrons. The Morgan fingerprint density at radius 2 is 1.95 bits per heavy atom. The zero-order valence-electron chi connectivity index (χ0n) is 11.6. The molecule has 0 atom stereocenters. The van der Waals surface area contributed by atoms with E-state index in [0.717, 1.165) is 28.6 Å². The average molecular weight is 299 g/mol. The first kappa shape index (κ1) is 13.9. The molecule has 1 heterocycles. The highest BCUT2D eigenvalue weighted by atomic mass is 35.5. The van der Waals surface area contributed by atoms with Gasteiger partial charge in [-0.3, -0.25) is 0 Å². The third kappa shape index (κ3) is 2.99. The lowest BCUT2D eigenvalue weighted by atomic mass is 10.1. The van der Waals surface area contributed by atoms with Gasteiger partial charge in [-0.15, -0.1) is 0 Å². The topological polar surface area (TPSA) is 34.2 Å². The summed E-state index contributed by atoms with van der Waals surface area (Å²) in [5.74, 6) is 1.18. The van der Waals surface area contributed by atoms with Crippen molar-refractivity contribution in [3.8, 4) is 11.6 Å². The second-order valence-corrected chi connectivity index (χ2v) is 5.15. The number of benzene rings is 2.